The Balaban J connectivity index is 1.56. The Morgan fingerprint density at radius 3 is 2.61 bits per heavy atom. The number of carbonyl (C=O) groups excluding carboxylic acids is 1. The van der Waals surface area contributed by atoms with Crippen LogP contribution in [-0.2, 0) is 4.79 Å². The summed E-state index contributed by atoms with van der Waals surface area (Å²) in [6.45, 7) is 0. The van der Waals surface area contributed by atoms with Crippen molar-refractivity contribution in [1.29, 1.82) is 0 Å². The maximum atomic E-state index is 12.2. The molecule has 0 fully saturated rings. The third-order valence-electron chi connectivity index (χ3n) is 4.01. The van der Waals surface area contributed by atoms with Gasteiger partial charge in [-0.3, -0.25) is 4.79 Å². The highest BCUT2D eigenvalue weighted by Gasteiger charge is 2.07. The minimum Gasteiger partial charge on any atom is -0.290 e. The number of carbonyl (C=O) groups is 1. The van der Waals surface area contributed by atoms with Crippen molar-refractivity contribution in [3.05, 3.63) is 95.0 Å². The van der Waals surface area contributed by atoms with Gasteiger partial charge in [-0.15, -0.1) is 11.3 Å². The number of fused-ring (bicyclic) bond motifs is 1. The lowest BCUT2D eigenvalue weighted by Crippen LogP contribution is -1.88. The molecule has 0 bridgehead atoms. The molecule has 2 aromatic heterocycles. The number of rotatable bonds is 6. The van der Waals surface area contributed by atoms with Crippen LogP contribution in [0.15, 0.2) is 94.4 Å². The summed E-state index contributed by atoms with van der Waals surface area (Å²) in [6.07, 6.45) is 8.47. The van der Waals surface area contributed by atoms with Gasteiger partial charge in [-0.2, -0.15) is 0 Å². The van der Waals surface area contributed by atoms with Gasteiger partial charge in [0.25, 0.3) is 0 Å². The summed E-state index contributed by atoms with van der Waals surface area (Å²) in [5.41, 5.74) is 1.90. The Morgan fingerprint density at radius 2 is 1.71 bits per heavy atom. The first-order valence-corrected chi connectivity index (χ1v) is 10.4. The van der Waals surface area contributed by atoms with E-state index in [4.69, 9.17) is 0 Å². The van der Waals surface area contributed by atoms with Crippen molar-refractivity contribution >= 4 is 51.9 Å². The van der Waals surface area contributed by atoms with Crippen molar-refractivity contribution in [2.45, 2.75) is 9.92 Å². The van der Waals surface area contributed by atoms with Gasteiger partial charge in [-0.1, -0.05) is 54.2 Å². The predicted octanol–water partition coefficient (Wildman–Crippen LogP) is 6.14. The van der Waals surface area contributed by atoms with Crippen molar-refractivity contribution in [2.24, 2.45) is 0 Å². The lowest BCUT2D eigenvalue weighted by atomic mass is 10.2. The maximum Gasteiger partial charge on any atom is 0.178 e. The van der Waals surface area contributed by atoms with Crippen LogP contribution in [0.3, 0.4) is 0 Å². The highest BCUT2D eigenvalue weighted by atomic mass is 32.2. The van der Waals surface area contributed by atoms with E-state index in [0.29, 0.717) is 0 Å². The lowest BCUT2D eigenvalue weighted by Gasteiger charge is -2.07. The Morgan fingerprint density at radius 1 is 0.893 bits per heavy atom. The third-order valence-corrected chi connectivity index (χ3v) is 5.96. The summed E-state index contributed by atoms with van der Waals surface area (Å²) in [6, 6.07) is 19.9. The Kier molecular flexibility index (Phi) is 5.75. The van der Waals surface area contributed by atoms with E-state index >= 15 is 0 Å². The number of allylic oxidation sites excluding steroid dienone is 2. The van der Waals surface area contributed by atoms with Crippen LogP contribution in [0.2, 0.25) is 0 Å². The highest BCUT2D eigenvalue weighted by molar-refractivity contribution is 7.99. The molecule has 0 N–H and O–H groups in total. The second-order valence-corrected chi connectivity index (χ2v) is 7.93. The molecule has 0 aliphatic carbocycles. The average Bonchev–Trinajstić information content (AvgIpc) is 3.26. The van der Waals surface area contributed by atoms with Crippen LogP contribution < -0.4 is 0 Å². The molecule has 28 heavy (non-hydrogen) atoms. The van der Waals surface area contributed by atoms with Crippen LogP contribution in [0.5, 0.6) is 0 Å². The van der Waals surface area contributed by atoms with Crippen molar-refractivity contribution in [3.8, 4) is 0 Å². The van der Waals surface area contributed by atoms with Gasteiger partial charge in [0, 0.05) is 15.2 Å². The molecule has 3 nitrogen and oxygen atoms in total. The van der Waals surface area contributed by atoms with Gasteiger partial charge in [-0.25, -0.2) is 9.97 Å². The Labute approximate surface area is 171 Å². The maximum absolute atomic E-state index is 12.2. The van der Waals surface area contributed by atoms with Crippen molar-refractivity contribution in [1.82, 2.24) is 9.97 Å². The third kappa shape index (κ3) is 4.44. The zero-order chi connectivity index (χ0) is 19.2. The van der Waals surface area contributed by atoms with E-state index in [-0.39, 0.29) is 5.78 Å². The molecule has 4 aromatic rings. The number of aromatic nitrogens is 2. The van der Waals surface area contributed by atoms with Gasteiger partial charge >= 0.3 is 0 Å². The minimum absolute atomic E-state index is 0.0410. The quantitative estimate of drug-likeness (QED) is 0.288. The van der Waals surface area contributed by atoms with E-state index in [0.717, 1.165) is 31.3 Å². The highest BCUT2D eigenvalue weighted by Crippen LogP contribution is 2.33. The zero-order valence-electron chi connectivity index (χ0n) is 14.9. The smallest absolute Gasteiger partial charge is 0.178 e. The number of hydrogen-bond donors (Lipinski definition) is 0. The van der Waals surface area contributed by atoms with E-state index in [1.165, 1.54) is 0 Å². The summed E-state index contributed by atoms with van der Waals surface area (Å²) in [7, 11) is 0. The van der Waals surface area contributed by atoms with Gasteiger partial charge < -0.3 is 0 Å². The predicted molar refractivity (Wildman–Crippen MR) is 117 cm³/mol. The van der Waals surface area contributed by atoms with Crippen LogP contribution >= 0.6 is 23.1 Å². The molecule has 0 unspecified atom stereocenters. The average molecular weight is 401 g/mol. The van der Waals surface area contributed by atoms with E-state index in [9.17, 15) is 4.79 Å². The number of benzene rings is 2. The van der Waals surface area contributed by atoms with Crippen LogP contribution in [0, 0.1) is 0 Å². The fourth-order valence-corrected chi connectivity index (χ4v) is 4.26. The summed E-state index contributed by atoms with van der Waals surface area (Å²) in [5, 5.41) is 3.91. The van der Waals surface area contributed by atoms with E-state index in [1.807, 2.05) is 78.2 Å². The molecule has 0 amide bonds. The SMILES string of the molecule is O=C(/C=C/c1cccs1)/C=C/c1ccccc1Sc1ncnc2ccccc12. The molecule has 4 rings (SSSR count). The fourth-order valence-electron chi connectivity index (χ4n) is 2.65. The van der Waals surface area contributed by atoms with Crippen molar-refractivity contribution in [3.63, 3.8) is 0 Å². The van der Waals surface area contributed by atoms with Gasteiger partial charge in [0.05, 0.1) is 5.52 Å². The molecule has 0 aliphatic rings. The van der Waals surface area contributed by atoms with Crippen LogP contribution in [0.1, 0.15) is 10.4 Å². The molecule has 2 aromatic carbocycles. The second kappa shape index (κ2) is 8.78. The standard InChI is InChI=1S/C23H16N2OS2/c26-18(13-14-19-7-5-15-27-19)12-11-17-6-1-4-10-22(17)28-23-20-8-2-3-9-21(20)24-16-25-23/h1-16H/b12-11+,14-13+. The van der Waals surface area contributed by atoms with Gasteiger partial charge in [0.2, 0.25) is 0 Å². The number of thiophene rings is 1. The summed E-state index contributed by atoms with van der Waals surface area (Å²) in [4.78, 5) is 23.0. The Hall–Kier alpha value is -3.02. The lowest BCUT2D eigenvalue weighted by molar-refractivity contribution is -0.110. The van der Waals surface area contributed by atoms with Gasteiger partial charge in [0.15, 0.2) is 5.78 Å². The van der Waals surface area contributed by atoms with E-state index in [1.54, 1.807) is 41.6 Å². The molecule has 0 aliphatic heterocycles. The molecular formula is C23H16N2OS2. The fraction of sp³-hybridized carbons (Fsp3) is 0. The van der Waals surface area contributed by atoms with Crippen LogP contribution in [0.4, 0.5) is 0 Å². The Bertz CT molecular complexity index is 1160. The monoisotopic (exact) mass is 400 g/mol. The topological polar surface area (TPSA) is 42.9 Å². The van der Waals surface area contributed by atoms with Gasteiger partial charge in [0.1, 0.15) is 11.4 Å². The molecule has 136 valence electrons. The largest absolute Gasteiger partial charge is 0.290 e. The number of nitrogens with zero attached hydrogens (tertiary/aromatic N) is 2. The van der Waals surface area contributed by atoms with Crippen molar-refractivity contribution in [2.75, 3.05) is 0 Å². The zero-order valence-corrected chi connectivity index (χ0v) is 16.5. The molecule has 0 saturated heterocycles. The number of para-hydroxylation sites is 1. The summed E-state index contributed by atoms with van der Waals surface area (Å²) >= 11 is 3.18. The van der Waals surface area contributed by atoms with Crippen LogP contribution in [0.25, 0.3) is 23.1 Å². The molecule has 0 radical (unpaired) electrons. The second-order valence-electron chi connectivity index (χ2n) is 5.92. The van der Waals surface area contributed by atoms with E-state index < -0.39 is 0 Å². The summed E-state index contributed by atoms with van der Waals surface area (Å²) < 4.78 is 0. The summed E-state index contributed by atoms with van der Waals surface area (Å²) in [5.74, 6) is -0.0410. The first-order valence-electron chi connectivity index (χ1n) is 8.70. The number of ketones is 1. The minimum atomic E-state index is -0.0410. The van der Waals surface area contributed by atoms with E-state index in [2.05, 4.69) is 9.97 Å². The molecular weight excluding hydrogens is 384 g/mol. The normalized spacial score (nSPS) is 11.6. The molecule has 0 atom stereocenters. The molecule has 5 heteroatoms. The molecule has 0 spiro atoms. The number of hydrogen-bond acceptors (Lipinski definition) is 5. The molecule has 2 heterocycles. The molecule has 0 saturated carbocycles. The first-order chi connectivity index (χ1) is 13.8. The first kappa shape index (κ1) is 18.3. The van der Waals surface area contributed by atoms with Gasteiger partial charge in [-0.05, 0) is 53.4 Å². The van der Waals surface area contributed by atoms with Crippen molar-refractivity contribution < 1.29 is 4.79 Å². The van der Waals surface area contributed by atoms with Crippen LogP contribution in [-0.4, -0.2) is 15.8 Å².